The van der Waals surface area contributed by atoms with E-state index in [0.717, 1.165) is 12.3 Å². The minimum absolute atomic E-state index is 0.619. The predicted octanol–water partition coefficient (Wildman–Crippen LogP) is 2.70. The van der Waals surface area contributed by atoms with Gasteiger partial charge in [0.1, 0.15) is 0 Å². The molecule has 0 rings (SSSR count). The van der Waals surface area contributed by atoms with E-state index in [1.54, 1.807) is 0 Å². The number of carbonyl (C=O) groups excluding carboxylic acids is 1. The highest BCUT2D eigenvalue weighted by molar-refractivity contribution is 5.50. The van der Waals surface area contributed by atoms with E-state index in [-0.39, 0.29) is 0 Å². The molecule has 1 radical (unpaired) electrons. The number of hydrogen-bond acceptors (Lipinski definition) is 1. The van der Waals surface area contributed by atoms with Gasteiger partial charge < -0.3 is 0 Å². The predicted molar refractivity (Wildman–Crippen MR) is 43.6 cm³/mol. The van der Waals surface area contributed by atoms with Crippen LogP contribution in [0.2, 0.25) is 0 Å². The zero-order chi connectivity index (χ0) is 7.82. The fourth-order valence-electron chi connectivity index (χ4n) is 1.16. The Morgan fingerprint density at radius 3 is 2.60 bits per heavy atom. The van der Waals surface area contributed by atoms with Gasteiger partial charge in [-0.1, -0.05) is 33.1 Å². The summed E-state index contributed by atoms with van der Waals surface area (Å²) in [6.45, 7) is 4.44. The third kappa shape index (κ3) is 5.80. The Morgan fingerprint density at radius 1 is 1.40 bits per heavy atom. The second-order valence-electron chi connectivity index (χ2n) is 2.93. The van der Waals surface area contributed by atoms with Gasteiger partial charge in [-0.05, 0) is 12.3 Å². The molecule has 1 atom stereocenters. The van der Waals surface area contributed by atoms with Gasteiger partial charge in [0.05, 0.1) is 0 Å². The Balaban J connectivity index is 3.04. The Hall–Kier alpha value is -0.330. The first-order valence-electron chi connectivity index (χ1n) is 4.16. The van der Waals surface area contributed by atoms with Crippen LogP contribution >= 0.6 is 0 Å². The molecular formula is C9H17O. The number of hydrogen-bond donors (Lipinski definition) is 0. The van der Waals surface area contributed by atoms with Gasteiger partial charge in [-0.25, -0.2) is 0 Å². The molecule has 0 fully saturated rings. The summed E-state index contributed by atoms with van der Waals surface area (Å²) in [5, 5.41) is 0. The lowest BCUT2D eigenvalue weighted by molar-refractivity contribution is 0.468. The zero-order valence-electron chi connectivity index (χ0n) is 7.02. The molecule has 0 aliphatic rings. The van der Waals surface area contributed by atoms with Crippen molar-refractivity contribution in [2.24, 2.45) is 5.92 Å². The van der Waals surface area contributed by atoms with Crippen LogP contribution in [-0.4, -0.2) is 6.29 Å². The topological polar surface area (TPSA) is 17.1 Å². The first-order valence-corrected chi connectivity index (χ1v) is 4.16. The molecule has 1 nitrogen and oxygen atoms in total. The summed E-state index contributed by atoms with van der Waals surface area (Å²) >= 11 is 0. The first-order chi connectivity index (χ1) is 4.81. The lowest BCUT2D eigenvalue weighted by Gasteiger charge is -2.06. The summed E-state index contributed by atoms with van der Waals surface area (Å²) in [5.74, 6) is 0.790. The van der Waals surface area contributed by atoms with Crippen molar-refractivity contribution in [3.63, 3.8) is 0 Å². The average molecular weight is 141 g/mol. The smallest absolute Gasteiger partial charge is 0.198 e. The molecule has 0 aliphatic carbocycles. The third-order valence-corrected chi connectivity index (χ3v) is 1.76. The Morgan fingerprint density at radius 2 is 2.10 bits per heavy atom. The molecule has 0 saturated carbocycles. The van der Waals surface area contributed by atoms with Gasteiger partial charge in [0.25, 0.3) is 0 Å². The van der Waals surface area contributed by atoms with E-state index in [9.17, 15) is 4.79 Å². The van der Waals surface area contributed by atoms with Gasteiger partial charge in [0, 0.05) is 6.42 Å². The summed E-state index contributed by atoms with van der Waals surface area (Å²) in [6, 6.07) is 0. The fourth-order valence-corrected chi connectivity index (χ4v) is 1.16. The van der Waals surface area contributed by atoms with Gasteiger partial charge in [0.15, 0.2) is 6.29 Å². The van der Waals surface area contributed by atoms with Gasteiger partial charge in [-0.3, -0.25) is 4.79 Å². The van der Waals surface area contributed by atoms with Crippen LogP contribution in [0.1, 0.15) is 46.0 Å². The molecule has 0 aromatic carbocycles. The minimum atomic E-state index is 0.619. The standard InChI is InChI=1S/C9H17O/c1-3-6-9(2)7-4-5-8-10/h9H,3-7H2,1-2H3. The van der Waals surface area contributed by atoms with Crippen molar-refractivity contribution in [2.45, 2.75) is 46.0 Å². The van der Waals surface area contributed by atoms with E-state index in [4.69, 9.17) is 0 Å². The molecule has 0 N–H and O–H groups in total. The lowest BCUT2D eigenvalue weighted by Crippen LogP contribution is -1.93. The molecule has 1 unspecified atom stereocenters. The quantitative estimate of drug-likeness (QED) is 0.520. The zero-order valence-corrected chi connectivity index (χ0v) is 7.02. The maximum atomic E-state index is 9.82. The first kappa shape index (κ1) is 9.67. The number of unbranched alkanes of at least 4 members (excludes halogenated alkanes) is 1. The maximum absolute atomic E-state index is 9.82. The highest BCUT2D eigenvalue weighted by Crippen LogP contribution is 2.12. The Kier molecular flexibility index (Phi) is 6.56. The van der Waals surface area contributed by atoms with Gasteiger partial charge in [-0.2, -0.15) is 0 Å². The summed E-state index contributed by atoms with van der Waals surface area (Å²) in [4.78, 5) is 9.82. The monoisotopic (exact) mass is 141 g/mol. The van der Waals surface area contributed by atoms with Crippen molar-refractivity contribution in [2.75, 3.05) is 0 Å². The van der Waals surface area contributed by atoms with E-state index < -0.39 is 0 Å². The molecule has 0 bridgehead atoms. The molecule has 0 amide bonds. The van der Waals surface area contributed by atoms with Crippen LogP contribution < -0.4 is 0 Å². The second-order valence-corrected chi connectivity index (χ2v) is 2.93. The molecule has 0 heterocycles. The molecule has 1 heteroatoms. The minimum Gasteiger partial charge on any atom is -0.291 e. The van der Waals surface area contributed by atoms with Crippen molar-refractivity contribution in [3.05, 3.63) is 0 Å². The summed E-state index contributed by atoms with van der Waals surface area (Å²) in [7, 11) is 0. The van der Waals surface area contributed by atoms with Gasteiger partial charge >= 0.3 is 0 Å². The molecule has 59 valence electrons. The Labute approximate surface area is 63.8 Å². The molecule has 0 spiro atoms. The van der Waals surface area contributed by atoms with Crippen molar-refractivity contribution in [1.29, 1.82) is 0 Å². The van der Waals surface area contributed by atoms with Crippen LogP contribution in [0.15, 0.2) is 0 Å². The van der Waals surface area contributed by atoms with Gasteiger partial charge in [-0.15, -0.1) is 0 Å². The largest absolute Gasteiger partial charge is 0.291 e. The molecule has 10 heavy (non-hydrogen) atoms. The van der Waals surface area contributed by atoms with E-state index in [1.807, 2.05) is 6.29 Å². The van der Waals surface area contributed by atoms with Crippen molar-refractivity contribution in [3.8, 4) is 0 Å². The molecule has 0 saturated heterocycles. The summed E-state index contributed by atoms with van der Waals surface area (Å²) < 4.78 is 0. The summed E-state index contributed by atoms with van der Waals surface area (Å²) in [6.07, 6.45) is 7.28. The highest BCUT2D eigenvalue weighted by atomic mass is 16.1. The van der Waals surface area contributed by atoms with Crippen LogP contribution in [0.5, 0.6) is 0 Å². The van der Waals surface area contributed by atoms with Gasteiger partial charge in [0.2, 0.25) is 0 Å². The van der Waals surface area contributed by atoms with Crippen LogP contribution in [-0.2, 0) is 4.79 Å². The van der Waals surface area contributed by atoms with Crippen LogP contribution in [0.25, 0.3) is 0 Å². The second kappa shape index (κ2) is 6.79. The number of rotatable bonds is 6. The summed E-state index contributed by atoms with van der Waals surface area (Å²) in [5.41, 5.74) is 0. The van der Waals surface area contributed by atoms with Crippen molar-refractivity contribution in [1.82, 2.24) is 0 Å². The van der Waals surface area contributed by atoms with Crippen molar-refractivity contribution >= 4 is 6.29 Å². The fraction of sp³-hybridized carbons (Fsp3) is 0.889. The van der Waals surface area contributed by atoms with Crippen molar-refractivity contribution < 1.29 is 4.79 Å². The lowest BCUT2D eigenvalue weighted by atomic mass is 10.00. The van der Waals surface area contributed by atoms with Crippen LogP contribution in [0, 0.1) is 5.92 Å². The normalized spacial score (nSPS) is 13.0. The third-order valence-electron chi connectivity index (χ3n) is 1.76. The van der Waals surface area contributed by atoms with E-state index in [0.29, 0.717) is 6.42 Å². The maximum Gasteiger partial charge on any atom is 0.198 e. The molecule has 0 aromatic heterocycles. The molecule has 0 aromatic rings. The van der Waals surface area contributed by atoms with E-state index in [1.165, 1.54) is 19.3 Å². The van der Waals surface area contributed by atoms with E-state index in [2.05, 4.69) is 13.8 Å². The molecule has 0 aliphatic heterocycles. The van der Waals surface area contributed by atoms with E-state index >= 15 is 0 Å². The molecular weight excluding hydrogens is 124 g/mol. The SMILES string of the molecule is CCCC(C)CCC[C]=O. The van der Waals surface area contributed by atoms with Crippen LogP contribution in [0.4, 0.5) is 0 Å². The van der Waals surface area contributed by atoms with Crippen LogP contribution in [0.3, 0.4) is 0 Å². The Bertz CT molecular complexity index is 78.8. The average Bonchev–Trinajstić information content (AvgIpc) is 1.89. The highest BCUT2D eigenvalue weighted by Gasteiger charge is 1.98.